The summed E-state index contributed by atoms with van der Waals surface area (Å²) in [6.45, 7) is 8.84. The van der Waals surface area contributed by atoms with Gasteiger partial charge in [-0.1, -0.05) is 37.2 Å². The number of thioether (sulfide) groups is 1. The smallest absolute Gasteiger partial charge is 0.255 e. The van der Waals surface area contributed by atoms with E-state index in [1.807, 2.05) is 6.92 Å². The zero-order chi connectivity index (χ0) is 23.8. The zero-order valence-electron chi connectivity index (χ0n) is 19.2. The number of carbonyl (C=O) groups is 1. The normalized spacial score (nSPS) is 11.2. The van der Waals surface area contributed by atoms with Crippen LogP contribution in [-0.4, -0.2) is 64.3 Å². The average molecular weight is 493 g/mol. The summed E-state index contributed by atoms with van der Waals surface area (Å²) >= 11 is 7.62. The van der Waals surface area contributed by atoms with Crippen molar-refractivity contribution in [2.45, 2.75) is 37.7 Å². The largest absolute Gasteiger partial charge is 0.496 e. The van der Waals surface area contributed by atoms with E-state index in [4.69, 9.17) is 26.1 Å². The summed E-state index contributed by atoms with van der Waals surface area (Å²) in [5, 5.41) is 13.0. The first-order valence-corrected chi connectivity index (χ1v) is 12.0. The van der Waals surface area contributed by atoms with E-state index >= 15 is 0 Å². The molecule has 2 N–H and O–H groups in total. The van der Waals surface area contributed by atoms with Crippen molar-refractivity contribution in [3.05, 3.63) is 35.0 Å². The summed E-state index contributed by atoms with van der Waals surface area (Å²) in [5.74, 6) is 0.920. The summed E-state index contributed by atoms with van der Waals surface area (Å²) < 4.78 is 12.4. The third-order valence-electron chi connectivity index (χ3n) is 4.58. The Morgan fingerprint density at radius 3 is 2.82 bits per heavy atom. The monoisotopic (exact) mass is 492 g/mol. The number of nitrogens with zero attached hydrogens (tertiary/aromatic N) is 4. The molecule has 0 aliphatic heterocycles. The molecule has 3 rings (SSSR count). The summed E-state index contributed by atoms with van der Waals surface area (Å²) in [6.07, 6.45) is 1.74. The summed E-state index contributed by atoms with van der Waals surface area (Å²) in [6, 6.07) is 4.94. The molecule has 0 aliphatic carbocycles. The number of nitrogens with one attached hydrogen (secondary N) is 2. The number of carbonyl (C=O) groups excluding carboxylic acids is 1. The van der Waals surface area contributed by atoms with E-state index in [0.717, 1.165) is 11.2 Å². The minimum Gasteiger partial charge on any atom is -0.496 e. The van der Waals surface area contributed by atoms with Gasteiger partial charge in [0.25, 0.3) is 5.91 Å². The molecule has 11 heteroatoms. The Bertz CT molecular complexity index is 1090. The van der Waals surface area contributed by atoms with E-state index in [0.29, 0.717) is 65.2 Å². The van der Waals surface area contributed by atoms with Crippen molar-refractivity contribution in [1.82, 2.24) is 25.1 Å². The van der Waals surface area contributed by atoms with E-state index in [2.05, 4.69) is 34.6 Å². The Morgan fingerprint density at radius 2 is 2.09 bits per heavy atom. The molecule has 2 aromatic heterocycles. The van der Waals surface area contributed by atoms with Crippen LogP contribution < -0.4 is 15.4 Å². The molecule has 33 heavy (non-hydrogen) atoms. The number of methoxy groups -OCH3 is 1. The lowest BCUT2D eigenvalue weighted by Gasteiger charge is -2.11. The number of anilines is 1. The Kier molecular flexibility index (Phi) is 9.16. The van der Waals surface area contributed by atoms with Gasteiger partial charge in [0, 0.05) is 30.0 Å². The molecule has 2 heterocycles. The molecule has 178 valence electrons. The van der Waals surface area contributed by atoms with Gasteiger partial charge < -0.3 is 20.1 Å². The second-order valence-electron chi connectivity index (χ2n) is 7.35. The summed E-state index contributed by atoms with van der Waals surface area (Å²) in [5.41, 5.74) is 1.09. The molecule has 0 fully saturated rings. The van der Waals surface area contributed by atoms with E-state index in [-0.39, 0.29) is 5.91 Å². The molecule has 3 aromatic rings. The minimum absolute atomic E-state index is 0.269. The van der Waals surface area contributed by atoms with Crippen LogP contribution in [0.1, 0.15) is 31.1 Å². The molecule has 1 aromatic carbocycles. The quantitative estimate of drug-likeness (QED) is 0.223. The maximum absolute atomic E-state index is 12.6. The number of ether oxygens (including phenoxy) is 2. The number of hydrogen-bond acceptors (Lipinski definition) is 8. The van der Waals surface area contributed by atoms with Crippen molar-refractivity contribution in [2.75, 3.05) is 38.7 Å². The number of aromatic nitrogens is 4. The fourth-order valence-electron chi connectivity index (χ4n) is 3.11. The molecule has 0 radical (unpaired) electrons. The lowest BCUT2D eigenvalue weighted by molar-refractivity contribution is 0.0949. The van der Waals surface area contributed by atoms with Crippen LogP contribution in [0.15, 0.2) is 29.6 Å². The van der Waals surface area contributed by atoms with Gasteiger partial charge in [-0.15, -0.1) is 0 Å². The average Bonchev–Trinajstić information content (AvgIpc) is 3.19. The van der Waals surface area contributed by atoms with Crippen molar-refractivity contribution in [3.63, 3.8) is 0 Å². The van der Waals surface area contributed by atoms with E-state index in [1.54, 1.807) is 40.8 Å². The number of fused-ring (bicyclic) bond motifs is 1. The molecule has 9 nitrogen and oxygen atoms in total. The highest BCUT2D eigenvalue weighted by Crippen LogP contribution is 2.26. The van der Waals surface area contributed by atoms with Gasteiger partial charge in [0.2, 0.25) is 0 Å². The van der Waals surface area contributed by atoms with Gasteiger partial charge in [-0.05, 0) is 25.1 Å². The third kappa shape index (κ3) is 6.72. The van der Waals surface area contributed by atoms with Crippen molar-refractivity contribution in [3.8, 4) is 5.75 Å². The van der Waals surface area contributed by atoms with Crippen LogP contribution in [-0.2, 0) is 11.3 Å². The maximum Gasteiger partial charge on any atom is 0.255 e. The third-order valence-corrected chi connectivity index (χ3v) is 5.68. The molecule has 0 saturated heterocycles. The fourth-order valence-corrected chi connectivity index (χ4v) is 3.99. The van der Waals surface area contributed by atoms with E-state index in [9.17, 15) is 4.79 Å². The Labute approximate surface area is 202 Å². The fraction of sp³-hybridized carbons (Fsp3) is 0.455. The first-order chi connectivity index (χ1) is 15.9. The molecule has 0 aliphatic rings. The van der Waals surface area contributed by atoms with Crippen LogP contribution in [0.4, 0.5) is 5.82 Å². The predicted octanol–water partition coefficient (Wildman–Crippen LogP) is 3.87. The van der Waals surface area contributed by atoms with Gasteiger partial charge in [-0.3, -0.25) is 4.79 Å². The van der Waals surface area contributed by atoms with Crippen LogP contribution in [0, 0.1) is 0 Å². The van der Waals surface area contributed by atoms with Crippen LogP contribution >= 0.6 is 23.4 Å². The summed E-state index contributed by atoms with van der Waals surface area (Å²) in [7, 11) is 1.52. The number of amides is 1. The van der Waals surface area contributed by atoms with Crippen LogP contribution in [0.2, 0.25) is 5.02 Å². The van der Waals surface area contributed by atoms with Gasteiger partial charge in [0.05, 0.1) is 37.4 Å². The highest BCUT2D eigenvalue weighted by atomic mass is 35.5. The Hall–Kier alpha value is -2.56. The van der Waals surface area contributed by atoms with E-state index in [1.165, 1.54) is 7.11 Å². The van der Waals surface area contributed by atoms with Crippen molar-refractivity contribution in [2.24, 2.45) is 0 Å². The molecular weight excluding hydrogens is 464 g/mol. The first kappa shape index (κ1) is 25.1. The molecule has 0 atom stereocenters. The standard InChI is InChI=1S/C22H29ClN6O3S/c1-5-32-11-9-24-19-17-13-26-29(20(17)28-22(27-19)33-14(2)3)10-8-25-21(30)16-12-15(23)6-7-18(16)31-4/h6-7,12-14H,5,8-11H2,1-4H3,(H,25,30)(H,24,27,28). The number of rotatable bonds is 12. The van der Waals surface area contributed by atoms with Gasteiger partial charge >= 0.3 is 0 Å². The van der Waals surface area contributed by atoms with Crippen LogP contribution in [0.25, 0.3) is 11.0 Å². The number of halogens is 1. The SMILES string of the molecule is CCOCCNc1nc(SC(C)C)nc2c1cnn2CCNC(=O)c1cc(Cl)ccc1OC. The second-order valence-corrected chi connectivity index (χ2v) is 9.33. The molecule has 0 spiro atoms. The molecule has 0 bridgehead atoms. The molecule has 0 unspecified atom stereocenters. The first-order valence-electron chi connectivity index (χ1n) is 10.8. The molecular formula is C22H29ClN6O3S. The van der Waals surface area contributed by atoms with E-state index < -0.39 is 0 Å². The highest BCUT2D eigenvalue weighted by Gasteiger charge is 2.16. The Morgan fingerprint density at radius 1 is 1.27 bits per heavy atom. The van der Waals surface area contributed by atoms with Crippen LogP contribution in [0.3, 0.4) is 0 Å². The zero-order valence-corrected chi connectivity index (χ0v) is 20.8. The lowest BCUT2D eigenvalue weighted by atomic mass is 10.2. The van der Waals surface area contributed by atoms with Gasteiger partial charge in [0.1, 0.15) is 11.6 Å². The lowest BCUT2D eigenvalue weighted by Crippen LogP contribution is -2.28. The number of benzene rings is 1. The highest BCUT2D eigenvalue weighted by molar-refractivity contribution is 7.99. The molecule has 1 amide bonds. The number of hydrogen-bond donors (Lipinski definition) is 2. The van der Waals surface area contributed by atoms with Crippen molar-refractivity contribution in [1.29, 1.82) is 0 Å². The second kappa shape index (κ2) is 12.1. The van der Waals surface area contributed by atoms with Gasteiger partial charge in [-0.25, -0.2) is 14.6 Å². The topological polar surface area (TPSA) is 103 Å². The van der Waals surface area contributed by atoms with Gasteiger partial charge in [-0.2, -0.15) is 5.10 Å². The maximum atomic E-state index is 12.6. The van der Waals surface area contributed by atoms with Crippen LogP contribution in [0.5, 0.6) is 5.75 Å². The molecule has 0 saturated carbocycles. The van der Waals surface area contributed by atoms with Crippen molar-refractivity contribution >= 4 is 46.1 Å². The predicted molar refractivity (Wildman–Crippen MR) is 132 cm³/mol. The minimum atomic E-state index is -0.269. The summed E-state index contributed by atoms with van der Waals surface area (Å²) in [4.78, 5) is 22.0. The Balaban J connectivity index is 1.75. The van der Waals surface area contributed by atoms with Crippen molar-refractivity contribution < 1.29 is 14.3 Å². The van der Waals surface area contributed by atoms with Gasteiger partial charge in [0.15, 0.2) is 10.8 Å².